The molecule has 0 fully saturated rings. The van der Waals surface area contributed by atoms with Gasteiger partial charge in [0.1, 0.15) is 5.75 Å². The molecular formula is C26H24N4O3. The SMILES string of the molecule is COc1ccc(C(=O)Nc2ccccc2C(=O)NC(C)c2ccc(-n3ccnc3)cc2)cc1. The zero-order chi connectivity index (χ0) is 23.2. The van der Waals surface area contributed by atoms with Crippen LogP contribution in [0.4, 0.5) is 5.69 Å². The highest BCUT2D eigenvalue weighted by Crippen LogP contribution is 2.20. The van der Waals surface area contributed by atoms with Crippen molar-refractivity contribution >= 4 is 17.5 Å². The van der Waals surface area contributed by atoms with Gasteiger partial charge in [-0.25, -0.2) is 4.98 Å². The van der Waals surface area contributed by atoms with Gasteiger partial charge in [0.05, 0.1) is 30.7 Å². The molecule has 7 nitrogen and oxygen atoms in total. The van der Waals surface area contributed by atoms with Crippen LogP contribution in [0.1, 0.15) is 39.2 Å². The molecule has 0 aliphatic heterocycles. The number of imidazole rings is 1. The number of anilines is 1. The Morgan fingerprint density at radius 3 is 2.33 bits per heavy atom. The lowest BCUT2D eigenvalue weighted by Gasteiger charge is -2.17. The van der Waals surface area contributed by atoms with E-state index in [1.165, 1.54) is 0 Å². The molecule has 0 saturated heterocycles. The number of aromatic nitrogens is 2. The van der Waals surface area contributed by atoms with Crippen molar-refractivity contribution in [3.8, 4) is 11.4 Å². The highest BCUT2D eigenvalue weighted by molar-refractivity contribution is 6.09. The number of nitrogens with zero attached hydrogens (tertiary/aromatic N) is 2. The minimum absolute atomic E-state index is 0.223. The third kappa shape index (κ3) is 5.10. The first-order chi connectivity index (χ1) is 16.0. The van der Waals surface area contributed by atoms with Crippen LogP contribution in [-0.4, -0.2) is 28.5 Å². The van der Waals surface area contributed by atoms with E-state index in [4.69, 9.17) is 4.74 Å². The smallest absolute Gasteiger partial charge is 0.255 e. The highest BCUT2D eigenvalue weighted by atomic mass is 16.5. The molecule has 0 aliphatic rings. The molecule has 1 atom stereocenters. The molecule has 2 amide bonds. The molecule has 2 N–H and O–H groups in total. The number of methoxy groups -OCH3 is 1. The number of hydrogen-bond acceptors (Lipinski definition) is 4. The van der Waals surface area contributed by atoms with Gasteiger partial charge in [0, 0.05) is 23.6 Å². The van der Waals surface area contributed by atoms with Crippen LogP contribution in [0.15, 0.2) is 91.5 Å². The van der Waals surface area contributed by atoms with Crippen molar-refractivity contribution in [2.45, 2.75) is 13.0 Å². The number of carbonyl (C=O) groups excluding carboxylic acids is 2. The Morgan fingerprint density at radius 2 is 1.67 bits per heavy atom. The van der Waals surface area contributed by atoms with Crippen LogP contribution in [0.5, 0.6) is 5.75 Å². The molecule has 0 aliphatic carbocycles. The summed E-state index contributed by atoms with van der Waals surface area (Å²) in [4.78, 5) is 29.7. The number of rotatable bonds is 7. The van der Waals surface area contributed by atoms with Gasteiger partial charge in [-0.2, -0.15) is 0 Å². The Hall–Kier alpha value is -4.39. The molecule has 4 aromatic rings. The second-order valence-corrected chi connectivity index (χ2v) is 7.48. The van der Waals surface area contributed by atoms with E-state index in [1.54, 1.807) is 68.2 Å². The first-order valence-corrected chi connectivity index (χ1v) is 10.5. The number of para-hydroxylation sites is 1. The van der Waals surface area contributed by atoms with Gasteiger partial charge in [-0.05, 0) is 61.0 Å². The van der Waals surface area contributed by atoms with Crippen LogP contribution in [0.25, 0.3) is 5.69 Å². The van der Waals surface area contributed by atoms with E-state index >= 15 is 0 Å². The fourth-order valence-corrected chi connectivity index (χ4v) is 3.43. The van der Waals surface area contributed by atoms with Gasteiger partial charge in [0.2, 0.25) is 0 Å². The van der Waals surface area contributed by atoms with E-state index in [0.29, 0.717) is 22.6 Å². The predicted molar refractivity (Wildman–Crippen MR) is 127 cm³/mol. The van der Waals surface area contributed by atoms with Crippen molar-refractivity contribution in [1.82, 2.24) is 14.9 Å². The standard InChI is InChI=1S/C26H24N4O3/c1-18(19-7-11-21(12-8-19)30-16-15-27-17-30)28-26(32)23-5-3-4-6-24(23)29-25(31)20-9-13-22(33-2)14-10-20/h3-18H,1-2H3,(H,28,32)(H,29,31). The zero-order valence-corrected chi connectivity index (χ0v) is 18.4. The average Bonchev–Trinajstić information content (AvgIpc) is 3.39. The Morgan fingerprint density at radius 1 is 0.939 bits per heavy atom. The van der Waals surface area contributed by atoms with Gasteiger partial charge in [-0.15, -0.1) is 0 Å². The largest absolute Gasteiger partial charge is 0.497 e. The van der Waals surface area contributed by atoms with Crippen LogP contribution >= 0.6 is 0 Å². The third-order valence-corrected chi connectivity index (χ3v) is 5.32. The fourth-order valence-electron chi connectivity index (χ4n) is 3.43. The molecule has 3 aromatic carbocycles. The quantitative estimate of drug-likeness (QED) is 0.439. The van der Waals surface area contributed by atoms with Crippen LogP contribution < -0.4 is 15.4 Å². The maximum atomic E-state index is 13.0. The second kappa shape index (κ2) is 9.82. The first kappa shape index (κ1) is 21.8. The highest BCUT2D eigenvalue weighted by Gasteiger charge is 2.17. The van der Waals surface area contributed by atoms with Gasteiger partial charge in [0.15, 0.2) is 0 Å². The lowest BCUT2D eigenvalue weighted by atomic mass is 10.1. The van der Waals surface area contributed by atoms with Gasteiger partial charge < -0.3 is 19.9 Å². The maximum Gasteiger partial charge on any atom is 0.255 e. The molecule has 4 rings (SSSR count). The van der Waals surface area contributed by atoms with E-state index in [2.05, 4.69) is 15.6 Å². The normalized spacial score (nSPS) is 11.5. The molecule has 1 aromatic heterocycles. The Balaban J connectivity index is 1.45. The number of nitrogens with one attached hydrogen (secondary N) is 2. The van der Waals surface area contributed by atoms with Crippen molar-refractivity contribution in [3.05, 3.63) is 108 Å². The van der Waals surface area contributed by atoms with Gasteiger partial charge in [-0.1, -0.05) is 24.3 Å². The molecule has 0 bridgehead atoms. The van der Waals surface area contributed by atoms with Crippen LogP contribution in [0.3, 0.4) is 0 Å². The molecule has 7 heteroatoms. The van der Waals surface area contributed by atoms with E-state index in [1.807, 2.05) is 42.0 Å². The summed E-state index contributed by atoms with van der Waals surface area (Å²) in [5, 5.41) is 5.84. The third-order valence-electron chi connectivity index (χ3n) is 5.32. The lowest BCUT2D eigenvalue weighted by molar-refractivity contribution is 0.0941. The fraction of sp³-hybridized carbons (Fsp3) is 0.115. The van der Waals surface area contributed by atoms with E-state index in [-0.39, 0.29) is 17.9 Å². The van der Waals surface area contributed by atoms with Crippen LogP contribution in [0.2, 0.25) is 0 Å². The molecule has 1 unspecified atom stereocenters. The number of amides is 2. The summed E-state index contributed by atoms with van der Waals surface area (Å²) in [7, 11) is 1.57. The summed E-state index contributed by atoms with van der Waals surface area (Å²) >= 11 is 0. The van der Waals surface area contributed by atoms with Crippen molar-refractivity contribution in [3.63, 3.8) is 0 Å². The summed E-state index contributed by atoms with van der Waals surface area (Å²) in [5.41, 5.74) is 3.26. The lowest BCUT2D eigenvalue weighted by Crippen LogP contribution is -2.28. The Labute approximate surface area is 192 Å². The van der Waals surface area contributed by atoms with Crippen LogP contribution in [-0.2, 0) is 0 Å². The topological polar surface area (TPSA) is 85.2 Å². The number of ether oxygens (including phenoxy) is 1. The van der Waals surface area contributed by atoms with Crippen molar-refractivity contribution in [1.29, 1.82) is 0 Å². The molecule has 0 saturated carbocycles. The summed E-state index contributed by atoms with van der Waals surface area (Å²) in [5.74, 6) is 0.0891. The monoisotopic (exact) mass is 440 g/mol. The van der Waals surface area contributed by atoms with E-state index < -0.39 is 0 Å². The summed E-state index contributed by atoms with van der Waals surface area (Å²) in [6.07, 6.45) is 5.33. The summed E-state index contributed by atoms with van der Waals surface area (Å²) < 4.78 is 7.04. The first-order valence-electron chi connectivity index (χ1n) is 10.5. The summed E-state index contributed by atoms with van der Waals surface area (Å²) in [6.45, 7) is 1.92. The van der Waals surface area contributed by atoms with Crippen molar-refractivity contribution < 1.29 is 14.3 Å². The molecule has 33 heavy (non-hydrogen) atoms. The molecule has 0 radical (unpaired) electrons. The molecule has 0 spiro atoms. The molecule has 1 heterocycles. The van der Waals surface area contributed by atoms with E-state index in [9.17, 15) is 9.59 Å². The number of hydrogen-bond donors (Lipinski definition) is 2. The Kier molecular flexibility index (Phi) is 6.50. The van der Waals surface area contributed by atoms with Gasteiger partial charge in [0.25, 0.3) is 11.8 Å². The minimum atomic E-state index is -0.305. The van der Waals surface area contributed by atoms with E-state index in [0.717, 1.165) is 11.3 Å². The van der Waals surface area contributed by atoms with Crippen molar-refractivity contribution in [2.75, 3.05) is 12.4 Å². The zero-order valence-electron chi connectivity index (χ0n) is 18.4. The second-order valence-electron chi connectivity index (χ2n) is 7.48. The van der Waals surface area contributed by atoms with Gasteiger partial charge >= 0.3 is 0 Å². The summed E-state index contributed by atoms with van der Waals surface area (Å²) in [6, 6.07) is 21.4. The van der Waals surface area contributed by atoms with Gasteiger partial charge in [-0.3, -0.25) is 9.59 Å². The molecule has 166 valence electrons. The molecular weight excluding hydrogens is 416 g/mol. The Bertz CT molecular complexity index is 1230. The minimum Gasteiger partial charge on any atom is -0.497 e. The average molecular weight is 441 g/mol. The number of carbonyl (C=O) groups is 2. The predicted octanol–water partition coefficient (Wildman–Crippen LogP) is 4.62. The maximum absolute atomic E-state index is 13.0. The van der Waals surface area contributed by atoms with Crippen LogP contribution in [0, 0.1) is 0 Å². The number of benzene rings is 3. The van der Waals surface area contributed by atoms with Crippen molar-refractivity contribution in [2.24, 2.45) is 0 Å².